The molecule has 0 aliphatic carbocycles. The molecular formula is C15H20BrFN2. The lowest BCUT2D eigenvalue weighted by Crippen LogP contribution is -2.44. The van der Waals surface area contributed by atoms with Crippen LogP contribution in [0.5, 0.6) is 0 Å². The molecule has 0 N–H and O–H groups in total. The van der Waals surface area contributed by atoms with Gasteiger partial charge in [-0.15, -0.1) is 0 Å². The first-order chi connectivity index (χ1) is 9.24. The highest BCUT2D eigenvalue weighted by atomic mass is 79.9. The summed E-state index contributed by atoms with van der Waals surface area (Å²) in [4.78, 5) is 5.06. The zero-order valence-corrected chi connectivity index (χ0v) is 12.7. The van der Waals surface area contributed by atoms with Crippen LogP contribution in [0, 0.1) is 5.82 Å². The van der Waals surface area contributed by atoms with E-state index in [-0.39, 0.29) is 5.82 Å². The van der Waals surface area contributed by atoms with Gasteiger partial charge in [-0.3, -0.25) is 4.90 Å². The molecule has 0 amide bonds. The molecule has 0 bridgehead atoms. The number of anilines is 1. The zero-order valence-electron chi connectivity index (χ0n) is 11.1. The number of hydrogen-bond donors (Lipinski definition) is 0. The molecule has 3 rings (SSSR count). The van der Waals surface area contributed by atoms with Crippen LogP contribution in [0.4, 0.5) is 10.1 Å². The van der Waals surface area contributed by atoms with Gasteiger partial charge in [0.05, 0.1) is 5.69 Å². The van der Waals surface area contributed by atoms with Crippen LogP contribution in [-0.4, -0.2) is 37.1 Å². The van der Waals surface area contributed by atoms with Crippen molar-refractivity contribution in [3.8, 4) is 0 Å². The van der Waals surface area contributed by atoms with Gasteiger partial charge >= 0.3 is 0 Å². The van der Waals surface area contributed by atoms with Crippen LogP contribution >= 0.6 is 15.9 Å². The van der Waals surface area contributed by atoms with Gasteiger partial charge in [-0.05, 0) is 59.9 Å². The summed E-state index contributed by atoms with van der Waals surface area (Å²) in [5, 5.41) is 0. The number of nitrogens with zero attached hydrogens (tertiary/aromatic N) is 2. The minimum atomic E-state index is -0.176. The Kier molecular flexibility index (Phi) is 4.08. The van der Waals surface area contributed by atoms with E-state index in [9.17, 15) is 4.39 Å². The van der Waals surface area contributed by atoms with Crippen LogP contribution < -0.4 is 4.90 Å². The van der Waals surface area contributed by atoms with Crippen molar-refractivity contribution < 1.29 is 4.39 Å². The molecule has 1 aromatic rings. The third-order valence-electron chi connectivity index (χ3n) is 4.30. The van der Waals surface area contributed by atoms with Gasteiger partial charge < -0.3 is 4.90 Å². The van der Waals surface area contributed by atoms with Crippen LogP contribution in [0.25, 0.3) is 0 Å². The van der Waals surface area contributed by atoms with E-state index in [1.807, 2.05) is 6.07 Å². The smallest absolute Gasteiger partial charge is 0.124 e. The maximum atomic E-state index is 13.2. The number of halogens is 2. The molecule has 4 heteroatoms. The lowest BCUT2D eigenvalue weighted by Gasteiger charge is -2.36. The number of hydrogen-bond acceptors (Lipinski definition) is 2. The molecule has 2 heterocycles. The largest absolute Gasteiger partial charge is 0.369 e. The summed E-state index contributed by atoms with van der Waals surface area (Å²) in [6, 6.07) is 5.70. The number of rotatable bonds is 1. The number of benzene rings is 1. The van der Waals surface area contributed by atoms with E-state index < -0.39 is 0 Å². The van der Waals surface area contributed by atoms with Crippen LogP contribution in [0.2, 0.25) is 0 Å². The van der Waals surface area contributed by atoms with Crippen LogP contribution in [0.1, 0.15) is 25.7 Å². The molecule has 2 aliphatic heterocycles. The lowest BCUT2D eigenvalue weighted by atomic mass is 10.0. The van der Waals surface area contributed by atoms with Crippen LogP contribution in [0.3, 0.4) is 0 Å². The monoisotopic (exact) mass is 326 g/mol. The second-order valence-corrected chi connectivity index (χ2v) is 6.44. The summed E-state index contributed by atoms with van der Waals surface area (Å²) in [7, 11) is 0. The predicted octanol–water partition coefficient (Wildman–Crippen LogP) is 3.65. The van der Waals surface area contributed by atoms with Crippen molar-refractivity contribution in [2.24, 2.45) is 0 Å². The predicted molar refractivity (Wildman–Crippen MR) is 80.1 cm³/mol. The SMILES string of the molecule is Fc1ccc(N2CCCN3CCCCC3C2)c(Br)c1. The summed E-state index contributed by atoms with van der Waals surface area (Å²) in [6.07, 6.45) is 5.19. The van der Waals surface area contributed by atoms with Gasteiger partial charge in [-0.2, -0.15) is 0 Å². The van der Waals surface area contributed by atoms with E-state index in [2.05, 4.69) is 25.7 Å². The fraction of sp³-hybridized carbons (Fsp3) is 0.600. The first-order valence-electron chi connectivity index (χ1n) is 7.18. The Balaban J connectivity index is 1.80. The van der Waals surface area contributed by atoms with Crippen molar-refractivity contribution in [3.63, 3.8) is 0 Å². The number of piperidine rings is 1. The molecule has 19 heavy (non-hydrogen) atoms. The van der Waals surface area contributed by atoms with Gasteiger partial charge in [0.25, 0.3) is 0 Å². The summed E-state index contributed by atoms with van der Waals surface area (Å²) < 4.78 is 14.1. The van der Waals surface area contributed by atoms with E-state index in [1.54, 1.807) is 12.1 Å². The van der Waals surface area contributed by atoms with Crippen molar-refractivity contribution >= 4 is 21.6 Å². The molecule has 2 saturated heterocycles. The first kappa shape index (κ1) is 13.4. The summed E-state index contributed by atoms with van der Waals surface area (Å²) >= 11 is 3.50. The molecule has 2 fully saturated rings. The molecule has 1 atom stereocenters. The summed E-state index contributed by atoms with van der Waals surface area (Å²) in [6.45, 7) is 4.60. The normalized spacial score (nSPS) is 24.9. The average Bonchev–Trinajstić information content (AvgIpc) is 2.60. The Bertz CT molecular complexity index is 452. The highest BCUT2D eigenvalue weighted by Crippen LogP contribution is 2.30. The first-order valence-corrected chi connectivity index (χ1v) is 7.97. The van der Waals surface area contributed by atoms with E-state index in [0.29, 0.717) is 6.04 Å². The van der Waals surface area contributed by atoms with Gasteiger partial charge in [0.1, 0.15) is 5.82 Å². The standard InChI is InChI=1S/C15H20BrFN2/c16-14-10-12(17)5-6-15(14)19-9-3-8-18-7-2-1-4-13(18)11-19/h5-6,10,13H,1-4,7-9,11H2. The highest BCUT2D eigenvalue weighted by Gasteiger charge is 2.27. The van der Waals surface area contributed by atoms with Crippen LogP contribution in [-0.2, 0) is 0 Å². The molecule has 0 aromatic heterocycles. The Hall–Kier alpha value is -0.610. The van der Waals surface area contributed by atoms with E-state index in [0.717, 1.165) is 23.2 Å². The average molecular weight is 327 g/mol. The molecule has 2 aliphatic rings. The molecule has 1 unspecified atom stereocenters. The van der Waals surface area contributed by atoms with Crippen molar-refractivity contribution in [2.75, 3.05) is 31.1 Å². The third-order valence-corrected chi connectivity index (χ3v) is 4.94. The highest BCUT2D eigenvalue weighted by molar-refractivity contribution is 9.10. The molecule has 0 radical (unpaired) electrons. The van der Waals surface area contributed by atoms with E-state index >= 15 is 0 Å². The topological polar surface area (TPSA) is 6.48 Å². The van der Waals surface area contributed by atoms with Crippen LogP contribution in [0.15, 0.2) is 22.7 Å². The summed E-state index contributed by atoms with van der Waals surface area (Å²) in [5.41, 5.74) is 1.13. The van der Waals surface area contributed by atoms with Gasteiger partial charge in [0.2, 0.25) is 0 Å². The quantitative estimate of drug-likeness (QED) is 0.777. The van der Waals surface area contributed by atoms with Gasteiger partial charge in [-0.25, -0.2) is 4.39 Å². The Morgan fingerprint density at radius 3 is 2.79 bits per heavy atom. The molecule has 0 spiro atoms. The van der Waals surface area contributed by atoms with Crippen molar-refractivity contribution in [1.82, 2.24) is 4.90 Å². The molecule has 0 saturated carbocycles. The Morgan fingerprint density at radius 1 is 1.11 bits per heavy atom. The van der Waals surface area contributed by atoms with Crippen molar-refractivity contribution in [3.05, 3.63) is 28.5 Å². The van der Waals surface area contributed by atoms with Gasteiger partial charge in [0, 0.05) is 30.1 Å². The molecular weight excluding hydrogens is 307 g/mol. The Labute approximate surface area is 122 Å². The summed E-state index contributed by atoms with van der Waals surface area (Å²) in [5.74, 6) is -0.176. The van der Waals surface area contributed by atoms with Crippen molar-refractivity contribution in [2.45, 2.75) is 31.7 Å². The van der Waals surface area contributed by atoms with E-state index in [4.69, 9.17) is 0 Å². The van der Waals surface area contributed by atoms with Gasteiger partial charge in [-0.1, -0.05) is 6.42 Å². The zero-order chi connectivity index (χ0) is 13.2. The Morgan fingerprint density at radius 2 is 1.95 bits per heavy atom. The minimum absolute atomic E-state index is 0.176. The minimum Gasteiger partial charge on any atom is -0.369 e. The fourth-order valence-electron chi connectivity index (χ4n) is 3.33. The second-order valence-electron chi connectivity index (χ2n) is 5.58. The maximum absolute atomic E-state index is 13.2. The molecule has 1 aromatic carbocycles. The fourth-order valence-corrected chi connectivity index (χ4v) is 3.93. The molecule has 2 nitrogen and oxygen atoms in total. The van der Waals surface area contributed by atoms with E-state index in [1.165, 1.54) is 38.8 Å². The number of fused-ring (bicyclic) bond motifs is 1. The molecule has 104 valence electrons. The third kappa shape index (κ3) is 2.95. The second kappa shape index (κ2) is 5.80. The lowest BCUT2D eigenvalue weighted by molar-refractivity contribution is 0.162. The maximum Gasteiger partial charge on any atom is 0.124 e. The van der Waals surface area contributed by atoms with Crippen molar-refractivity contribution in [1.29, 1.82) is 0 Å². The van der Waals surface area contributed by atoms with Gasteiger partial charge in [0.15, 0.2) is 0 Å².